The van der Waals surface area contributed by atoms with Crippen molar-refractivity contribution in [2.24, 2.45) is 0 Å². The standard InChI is InChI=1S/C40H26N2/c41-23-26-22-28(25-42-24-26)30-17-8-19-32-31(30)18-9-21-34(32)40-37-15-5-3-13-35(37)39(36-14-4-6-16-38(36)40)33-20-7-11-27-10-1-2-12-29(27)33/h1-22,25,42H,24H2. The first kappa shape index (κ1) is 24.2. The van der Waals surface area contributed by atoms with Gasteiger partial charge >= 0.3 is 0 Å². The highest BCUT2D eigenvalue weighted by atomic mass is 14.8. The molecule has 1 aliphatic heterocycles. The van der Waals surface area contributed by atoms with E-state index in [1.165, 1.54) is 65.3 Å². The molecule has 0 fully saturated rings. The lowest BCUT2D eigenvalue weighted by molar-refractivity contribution is 0.948. The van der Waals surface area contributed by atoms with E-state index < -0.39 is 0 Å². The normalized spacial score (nSPS) is 13.1. The molecule has 2 nitrogen and oxygen atoms in total. The van der Waals surface area contributed by atoms with Gasteiger partial charge in [-0.15, -0.1) is 0 Å². The summed E-state index contributed by atoms with van der Waals surface area (Å²) in [5, 5.41) is 22.7. The third-order valence-electron chi connectivity index (χ3n) is 8.52. The number of dihydropyridines is 1. The smallest absolute Gasteiger partial charge is 0.0966 e. The van der Waals surface area contributed by atoms with E-state index in [0.29, 0.717) is 6.54 Å². The number of nitrogens with one attached hydrogen (secondary N) is 1. The van der Waals surface area contributed by atoms with E-state index in [0.717, 1.165) is 16.7 Å². The lowest BCUT2D eigenvalue weighted by Gasteiger charge is -2.20. The second-order valence-corrected chi connectivity index (χ2v) is 10.8. The van der Waals surface area contributed by atoms with Crippen LogP contribution in [0.25, 0.3) is 70.9 Å². The van der Waals surface area contributed by atoms with Crippen LogP contribution in [0.3, 0.4) is 0 Å². The van der Waals surface area contributed by atoms with Gasteiger partial charge in [0.25, 0.3) is 0 Å². The predicted octanol–water partition coefficient (Wildman–Crippen LogP) is 10.0. The molecule has 0 aromatic heterocycles. The Morgan fingerprint density at radius 2 is 0.929 bits per heavy atom. The van der Waals surface area contributed by atoms with Crippen molar-refractivity contribution in [3.63, 3.8) is 0 Å². The van der Waals surface area contributed by atoms with E-state index in [4.69, 9.17) is 0 Å². The maximum absolute atomic E-state index is 9.54. The Bertz CT molecular complexity index is 2250. The highest BCUT2D eigenvalue weighted by molar-refractivity contribution is 6.25. The lowest BCUT2D eigenvalue weighted by Crippen LogP contribution is -2.13. The minimum Gasteiger partial charge on any atom is -0.386 e. The van der Waals surface area contributed by atoms with Gasteiger partial charge in [0.05, 0.1) is 6.07 Å². The second-order valence-electron chi connectivity index (χ2n) is 10.8. The van der Waals surface area contributed by atoms with Crippen LogP contribution in [0.4, 0.5) is 0 Å². The number of allylic oxidation sites excluding steroid dienone is 2. The summed E-state index contributed by atoms with van der Waals surface area (Å²) in [6.45, 7) is 0.567. The van der Waals surface area contributed by atoms with Crippen molar-refractivity contribution in [3.05, 3.63) is 151 Å². The molecular weight excluding hydrogens is 508 g/mol. The van der Waals surface area contributed by atoms with Gasteiger partial charge in [0.2, 0.25) is 0 Å². The number of nitriles is 1. The van der Waals surface area contributed by atoms with Crippen molar-refractivity contribution in [3.8, 4) is 28.3 Å². The third-order valence-corrected chi connectivity index (χ3v) is 8.52. The SMILES string of the molecule is N#CC1=CC(c2cccc3c(-c4c5ccccc5c(-c5cccc6ccccc56)c5ccccc45)cccc23)=CNC1. The molecule has 7 aromatic rings. The number of fused-ring (bicyclic) bond motifs is 4. The van der Waals surface area contributed by atoms with E-state index in [1.54, 1.807) is 0 Å². The quantitative estimate of drug-likeness (QED) is 0.229. The van der Waals surface area contributed by atoms with Crippen LogP contribution in [0.1, 0.15) is 5.56 Å². The van der Waals surface area contributed by atoms with Crippen molar-refractivity contribution in [2.45, 2.75) is 0 Å². The number of rotatable bonds is 3. The van der Waals surface area contributed by atoms with Gasteiger partial charge in [-0.2, -0.15) is 5.26 Å². The molecule has 0 atom stereocenters. The average molecular weight is 535 g/mol. The summed E-state index contributed by atoms with van der Waals surface area (Å²) in [6, 6.07) is 48.4. The van der Waals surface area contributed by atoms with Crippen molar-refractivity contribution < 1.29 is 0 Å². The molecule has 0 radical (unpaired) electrons. The van der Waals surface area contributed by atoms with Crippen LogP contribution in [-0.2, 0) is 0 Å². The summed E-state index contributed by atoms with van der Waals surface area (Å²) in [5.74, 6) is 0. The fraction of sp³-hybridized carbons (Fsp3) is 0.0250. The number of hydrogen-bond acceptors (Lipinski definition) is 2. The molecule has 0 saturated heterocycles. The van der Waals surface area contributed by atoms with Crippen molar-refractivity contribution >= 4 is 48.7 Å². The summed E-state index contributed by atoms with van der Waals surface area (Å²) < 4.78 is 0. The van der Waals surface area contributed by atoms with Crippen LogP contribution in [0.5, 0.6) is 0 Å². The third kappa shape index (κ3) is 3.72. The highest BCUT2D eigenvalue weighted by Crippen LogP contribution is 2.46. The Labute approximate surface area is 244 Å². The Morgan fingerprint density at radius 3 is 1.55 bits per heavy atom. The first-order chi connectivity index (χ1) is 20.8. The molecule has 0 saturated carbocycles. The van der Waals surface area contributed by atoms with E-state index in [2.05, 4.69) is 139 Å². The second kappa shape index (κ2) is 9.77. The largest absolute Gasteiger partial charge is 0.386 e. The van der Waals surface area contributed by atoms with Gasteiger partial charge in [-0.05, 0) is 82.6 Å². The fourth-order valence-corrected chi connectivity index (χ4v) is 6.71. The lowest BCUT2D eigenvalue weighted by atomic mass is 9.83. The van der Waals surface area contributed by atoms with Crippen LogP contribution in [0, 0.1) is 11.3 Å². The van der Waals surface area contributed by atoms with Crippen molar-refractivity contribution in [1.29, 1.82) is 5.26 Å². The zero-order valence-electron chi connectivity index (χ0n) is 22.9. The number of hydrogen-bond donors (Lipinski definition) is 1. The minimum atomic E-state index is 0.567. The highest BCUT2D eigenvalue weighted by Gasteiger charge is 2.19. The maximum Gasteiger partial charge on any atom is 0.0966 e. The topological polar surface area (TPSA) is 35.8 Å². The Morgan fingerprint density at radius 1 is 0.476 bits per heavy atom. The molecule has 0 aliphatic carbocycles. The van der Waals surface area contributed by atoms with E-state index in [-0.39, 0.29) is 0 Å². The maximum atomic E-state index is 9.54. The van der Waals surface area contributed by atoms with Gasteiger partial charge in [-0.3, -0.25) is 0 Å². The molecule has 1 aliphatic rings. The van der Waals surface area contributed by atoms with Crippen molar-refractivity contribution in [2.75, 3.05) is 6.54 Å². The molecule has 1 heterocycles. The molecule has 1 N–H and O–H groups in total. The molecule has 8 rings (SSSR count). The zero-order valence-corrected chi connectivity index (χ0v) is 22.9. The summed E-state index contributed by atoms with van der Waals surface area (Å²) >= 11 is 0. The Balaban J connectivity index is 1.47. The summed E-state index contributed by atoms with van der Waals surface area (Å²) in [5.41, 5.74) is 7.87. The summed E-state index contributed by atoms with van der Waals surface area (Å²) in [7, 11) is 0. The van der Waals surface area contributed by atoms with Gasteiger partial charge in [0.15, 0.2) is 0 Å². The van der Waals surface area contributed by atoms with Gasteiger partial charge in [-0.25, -0.2) is 0 Å². The molecule has 196 valence electrons. The zero-order chi connectivity index (χ0) is 28.0. The molecule has 0 unspecified atom stereocenters. The molecule has 0 bridgehead atoms. The van der Waals surface area contributed by atoms with Gasteiger partial charge in [-0.1, -0.05) is 127 Å². The Hall–Kier alpha value is -5.65. The molecular formula is C40H26N2. The van der Waals surface area contributed by atoms with Crippen LogP contribution in [0.15, 0.2) is 145 Å². The molecule has 2 heteroatoms. The molecule has 7 aromatic carbocycles. The predicted molar refractivity (Wildman–Crippen MR) is 177 cm³/mol. The van der Waals surface area contributed by atoms with Gasteiger partial charge in [0, 0.05) is 18.3 Å². The molecule has 42 heavy (non-hydrogen) atoms. The fourth-order valence-electron chi connectivity index (χ4n) is 6.71. The molecule has 0 amide bonds. The average Bonchev–Trinajstić information content (AvgIpc) is 3.06. The molecule has 0 spiro atoms. The minimum absolute atomic E-state index is 0.567. The van der Waals surface area contributed by atoms with Crippen LogP contribution in [0.2, 0.25) is 0 Å². The van der Waals surface area contributed by atoms with Gasteiger partial charge in [0.1, 0.15) is 0 Å². The van der Waals surface area contributed by atoms with E-state index in [1.807, 2.05) is 12.3 Å². The van der Waals surface area contributed by atoms with Crippen LogP contribution in [-0.4, -0.2) is 6.54 Å². The first-order valence-electron chi connectivity index (χ1n) is 14.3. The van der Waals surface area contributed by atoms with Crippen LogP contribution < -0.4 is 5.32 Å². The number of benzene rings is 7. The first-order valence-corrected chi connectivity index (χ1v) is 14.3. The van der Waals surface area contributed by atoms with Crippen LogP contribution >= 0.6 is 0 Å². The summed E-state index contributed by atoms with van der Waals surface area (Å²) in [6.07, 6.45) is 4.02. The Kier molecular flexibility index (Phi) is 5.62. The monoisotopic (exact) mass is 534 g/mol. The van der Waals surface area contributed by atoms with Gasteiger partial charge < -0.3 is 5.32 Å². The van der Waals surface area contributed by atoms with E-state index >= 15 is 0 Å². The number of nitrogens with zero attached hydrogens (tertiary/aromatic N) is 1. The van der Waals surface area contributed by atoms with E-state index in [9.17, 15) is 5.26 Å². The van der Waals surface area contributed by atoms with Crippen molar-refractivity contribution in [1.82, 2.24) is 5.32 Å². The summed E-state index contributed by atoms with van der Waals surface area (Å²) in [4.78, 5) is 0.